The lowest BCUT2D eigenvalue weighted by Gasteiger charge is -2.29. The van der Waals surface area contributed by atoms with E-state index in [9.17, 15) is 5.11 Å². The van der Waals surface area contributed by atoms with Crippen molar-refractivity contribution >= 4 is 5.69 Å². The summed E-state index contributed by atoms with van der Waals surface area (Å²) in [4.78, 5) is 0. The van der Waals surface area contributed by atoms with Crippen molar-refractivity contribution in [3.8, 4) is 0 Å². The van der Waals surface area contributed by atoms with Crippen LogP contribution >= 0.6 is 0 Å². The third-order valence-corrected chi connectivity index (χ3v) is 4.21. The highest BCUT2D eigenvalue weighted by molar-refractivity contribution is 5.50. The molecule has 3 heteroatoms. The second kappa shape index (κ2) is 7.65. The molecule has 1 aromatic rings. The summed E-state index contributed by atoms with van der Waals surface area (Å²) in [5.74, 6) is 0.625. The fourth-order valence-corrected chi connectivity index (χ4v) is 2.82. The average Bonchev–Trinajstić information content (AvgIpc) is 2.45. The molecule has 0 radical (unpaired) electrons. The van der Waals surface area contributed by atoms with E-state index in [1.165, 1.54) is 24.8 Å². The molecule has 3 atom stereocenters. The molecular weight excluding hydrogens is 250 g/mol. The summed E-state index contributed by atoms with van der Waals surface area (Å²) in [5.41, 5.74) is 2.28. The molecule has 20 heavy (non-hydrogen) atoms. The SMILES string of the molecule is Cc1ccccc1NCC(O)COC1CCCCC1C. The molecule has 0 spiro atoms. The lowest BCUT2D eigenvalue weighted by Crippen LogP contribution is -2.32. The molecular formula is C17H27NO2. The van der Waals surface area contributed by atoms with E-state index in [0.717, 1.165) is 12.1 Å². The topological polar surface area (TPSA) is 41.5 Å². The van der Waals surface area contributed by atoms with E-state index < -0.39 is 6.10 Å². The number of benzene rings is 1. The molecule has 1 fully saturated rings. The Morgan fingerprint density at radius 3 is 2.80 bits per heavy atom. The Balaban J connectivity index is 1.70. The summed E-state index contributed by atoms with van der Waals surface area (Å²) in [7, 11) is 0. The molecule has 112 valence electrons. The van der Waals surface area contributed by atoms with Gasteiger partial charge in [-0.25, -0.2) is 0 Å². The number of para-hydroxylation sites is 1. The number of aryl methyl sites for hydroxylation is 1. The van der Waals surface area contributed by atoms with E-state index in [-0.39, 0.29) is 0 Å². The maximum absolute atomic E-state index is 10.0. The third kappa shape index (κ3) is 4.50. The third-order valence-electron chi connectivity index (χ3n) is 4.21. The Morgan fingerprint density at radius 2 is 2.05 bits per heavy atom. The maximum Gasteiger partial charge on any atom is 0.0945 e. The van der Waals surface area contributed by atoms with E-state index in [1.54, 1.807) is 0 Å². The summed E-state index contributed by atoms with van der Waals surface area (Å²) in [6, 6.07) is 8.12. The first kappa shape index (κ1) is 15.3. The standard InChI is InChI=1S/C17H27NO2/c1-13-7-3-5-9-16(13)18-11-15(19)12-20-17-10-6-4-8-14(17)2/h3,5,7,9,14-15,17-19H,4,6,8,10-12H2,1-2H3. The van der Waals surface area contributed by atoms with Gasteiger partial charge in [0.05, 0.1) is 18.8 Å². The van der Waals surface area contributed by atoms with Gasteiger partial charge in [0, 0.05) is 12.2 Å². The van der Waals surface area contributed by atoms with Crippen molar-refractivity contribution in [2.24, 2.45) is 5.92 Å². The molecule has 0 heterocycles. The second-order valence-electron chi connectivity index (χ2n) is 5.98. The first-order valence-corrected chi connectivity index (χ1v) is 7.76. The van der Waals surface area contributed by atoms with Crippen LogP contribution in [0.4, 0.5) is 5.69 Å². The predicted molar refractivity (Wildman–Crippen MR) is 83.0 cm³/mol. The van der Waals surface area contributed by atoms with Gasteiger partial charge in [0.15, 0.2) is 0 Å². The Kier molecular flexibility index (Phi) is 5.86. The van der Waals surface area contributed by atoms with Gasteiger partial charge in [0.1, 0.15) is 0 Å². The first-order chi connectivity index (χ1) is 9.66. The van der Waals surface area contributed by atoms with Crippen molar-refractivity contribution in [3.05, 3.63) is 29.8 Å². The number of aliphatic hydroxyl groups excluding tert-OH is 1. The molecule has 1 saturated carbocycles. The maximum atomic E-state index is 10.0. The molecule has 0 amide bonds. The van der Waals surface area contributed by atoms with Gasteiger partial charge in [-0.2, -0.15) is 0 Å². The summed E-state index contributed by atoms with van der Waals surface area (Å²) >= 11 is 0. The number of hydrogen-bond acceptors (Lipinski definition) is 3. The quantitative estimate of drug-likeness (QED) is 0.837. The van der Waals surface area contributed by atoms with Crippen molar-refractivity contribution in [1.29, 1.82) is 0 Å². The Morgan fingerprint density at radius 1 is 1.30 bits per heavy atom. The monoisotopic (exact) mass is 277 g/mol. The van der Waals surface area contributed by atoms with Crippen LogP contribution in [0.25, 0.3) is 0 Å². The second-order valence-corrected chi connectivity index (χ2v) is 5.98. The van der Waals surface area contributed by atoms with Gasteiger partial charge >= 0.3 is 0 Å². The van der Waals surface area contributed by atoms with Gasteiger partial charge in [0.25, 0.3) is 0 Å². The Bertz CT molecular complexity index is 408. The van der Waals surface area contributed by atoms with Crippen molar-refractivity contribution in [2.45, 2.75) is 51.7 Å². The van der Waals surface area contributed by atoms with E-state index in [2.05, 4.69) is 25.2 Å². The normalized spacial score (nSPS) is 24.4. The minimum Gasteiger partial charge on any atom is -0.389 e. The summed E-state index contributed by atoms with van der Waals surface area (Å²) in [5, 5.41) is 13.3. The number of aliphatic hydroxyl groups is 1. The minimum absolute atomic E-state index is 0.330. The molecule has 2 rings (SSSR count). The van der Waals surface area contributed by atoms with E-state index >= 15 is 0 Å². The van der Waals surface area contributed by atoms with E-state index in [1.807, 2.05) is 18.2 Å². The van der Waals surface area contributed by atoms with Crippen LogP contribution < -0.4 is 5.32 Å². The number of hydrogen-bond donors (Lipinski definition) is 2. The lowest BCUT2D eigenvalue weighted by atomic mass is 9.88. The van der Waals surface area contributed by atoms with Crippen LogP contribution in [0.15, 0.2) is 24.3 Å². The van der Waals surface area contributed by atoms with Crippen LogP contribution in [0.5, 0.6) is 0 Å². The first-order valence-electron chi connectivity index (χ1n) is 7.76. The summed E-state index contributed by atoms with van der Waals surface area (Å²) in [6.07, 6.45) is 4.84. The zero-order chi connectivity index (χ0) is 14.4. The largest absolute Gasteiger partial charge is 0.389 e. The van der Waals surface area contributed by atoms with Crippen molar-refractivity contribution in [1.82, 2.24) is 0 Å². The lowest BCUT2D eigenvalue weighted by molar-refractivity contribution is -0.0424. The number of ether oxygens (including phenoxy) is 1. The predicted octanol–water partition coefficient (Wildman–Crippen LogP) is 3.36. The van der Waals surface area contributed by atoms with Gasteiger partial charge in [0.2, 0.25) is 0 Å². The van der Waals surface area contributed by atoms with Gasteiger partial charge < -0.3 is 15.2 Å². The van der Waals surface area contributed by atoms with Gasteiger partial charge in [-0.1, -0.05) is 38.0 Å². The van der Waals surface area contributed by atoms with Gasteiger partial charge in [-0.3, -0.25) is 0 Å². The van der Waals surface area contributed by atoms with Crippen LogP contribution in [0.2, 0.25) is 0 Å². The van der Waals surface area contributed by atoms with Crippen LogP contribution in [0.1, 0.15) is 38.2 Å². The molecule has 0 aliphatic heterocycles. The molecule has 1 aliphatic rings. The van der Waals surface area contributed by atoms with Gasteiger partial charge in [-0.05, 0) is 37.3 Å². The molecule has 3 unspecified atom stereocenters. The molecule has 0 saturated heterocycles. The highest BCUT2D eigenvalue weighted by Crippen LogP contribution is 2.26. The summed E-state index contributed by atoms with van der Waals surface area (Å²) in [6.45, 7) is 5.27. The summed E-state index contributed by atoms with van der Waals surface area (Å²) < 4.78 is 5.89. The minimum atomic E-state index is -0.455. The highest BCUT2D eigenvalue weighted by Gasteiger charge is 2.22. The fourth-order valence-electron chi connectivity index (χ4n) is 2.82. The van der Waals surface area contributed by atoms with Crippen molar-refractivity contribution < 1.29 is 9.84 Å². The van der Waals surface area contributed by atoms with Crippen LogP contribution in [0.3, 0.4) is 0 Å². The molecule has 0 bridgehead atoms. The Hall–Kier alpha value is -1.06. The molecule has 2 N–H and O–H groups in total. The van der Waals surface area contributed by atoms with Crippen molar-refractivity contribution in [2.75, 3.05) is 18.5 Å². The number of anilines is 1. The Labute approximate surface area is 122 Å². The smallest absolute Gasteiger partial charge is 0.0945 e. The number of nitrogens with one attached hydrogen (secondary N) is 1. The molecule has 3 nitrogen and oxygen atoms in total. The van der Waals surface area contributed by atoms with E-state index in [0.29, 0.717) is 25.2 Å². The average molecular weight is 277 g/mol. The molecule has 1 aromatic carbocycles. The zero-order valence-electron chi connectivity index (χ0n) is 12.6. The van der Waals surface area contributed by atoms with Gasteiger partial charge in [-0.15, -0.1) is 0 Å². The molecule has 0 aromatic heterocycles. The highest BCUT2D eigenvalue weighted by atomic mass is 16.5. The van der Waals surface area contributed by atoms with E-state index in [4.69, 9.17) is 4.74 Å². The van der Waals surface area contributed by atoms with Crippen LogP contribution in [-0.4, -0.2) is 30.5 Å². The fraction of sp³-hybridized carbons (Fsp3) is 0.647. The zero-order valence-corrected chi connectivity index (χ0v) is 12.6. The van der Waals surface area contributed by atoms with Crippen molar-refractivity contribution in [3.63, 3.8) is 0 Å². The van der Waals surface area contributed by atoms with Crippen LogP contribution in [-0.2, 0) is 4.74 Å². The number of rotatable bonds is 6. The molecule has 1 aliphatic carbocycles. The van der Waals surface area contributed by atoms with Crippen LogP contribution in [0, 0.1) is 12.8 Å².